The Bertz CT molecular complexity index is 1060. The number of piperidine rings is 1. The Morgan fingerprint density at radius 2 is 1.86 bits per heavy atom. The molecule has 0 atom stereocenters. The number of benzene rings is 2. The van der Waals surface area contributed by atoms with Gasteiger partial charge < -0.3 is 19.4 Å². The van der Waals surface area contributed by atoms with E-state index in [1.165, 1.54) is 11.9 Å². The second kappa shape index (κ2) is 12.0. The first-order valence-electron chi connectivity index (χ1n) is 12.3. The van der Waals surface area contributed by atoms with Crippen LogP contribution in [0.25, 0.3) is 11.4 Å². The van der Waals surface area contributed by atoms with Crippen LogP contribution in [0.3, 0.4) is 0 Å². The zero-order valence-corrected chi connectivity index (χ0v) is 21.0. The van der Waals surface area contributed by atoms with Crippen LogP contribution < -0.4 is 4.74 Å². The topological polar surface area (TPSA) is 77.6 Å². The van der Waals surface area contributed by atoms with Crippen LogP contribution in [-0.2, 0) is 6.42 Å². The Kier molecular flexibility index (Phi) is 8.50. The third-order valence-electron chi connectivity index (χ3n) is 6.67. The predicted molar refractivity (Wildman–Crippen MR) is 138 cm³/mol. The Morgan fingerprint density at radius 1 is 1.09 bits per heavy atom. The monoisotopic (exact) mass is 476 g/mol. The lowest BCUT2D eigenvalue weighted by Gasteiger charge is -2.37. The summed E-state index contributed by atoms with van der Waals surface area (Å²) in [4.78, 5) is 24.1. The van der Waals surface area contributed by atoms with Gasteiger partial charge in [0.05, 0.1) is 5.56 Å². The Balaban J connectivity index is 1.36. The van der Waals surface area contributed by atoms with Gasteiger partial charge in [-0.15, -0.1) is 0 Å². The van der Waals surface area contributed by atoms with Crippen molar-refractivity contribution in [2.75, 3.05) is 53.9 Å². The first kappa shape index (κ1) is 24.9. The molecule has 1 aliphatic heterocycles. The van der Waals surface area contributed by atoms with Crippen molar-refractivity contribution in [3.8, 4) is 17.1 Å². The van der Waals surface area contributed by atoms with Gasteiger partial charge in [-0.2, -0.15) is 5.10 Å². The molecule has 0 spiro atoms. The summed E-state index contributed by atoms with van der Waals surface area (Å²) in [6.07, 6.45) is 4.49. The molecule has 0 radical (unpaired) electrons. The number of likely N-dealkylation sites (N-methyl/N-ethyl adjacent to an activating group) is 2. The number of rotatable bonds is 10. The average molecular weight is 477 g/mol. The van der Waals surface area contributed by atoms with Crippen molar-refractivity contribution in [1.29, 1.82) is 0 Å². The maximum Gasteiger partial charge on any atom is 0.253 e. The zero-order valence-electron chi connectivity index (χ0n) is 21.0. The van der Waals surface area contributed by atoms with Crippen molar-refractivity contribution in [2.24, 2.45) is 0 Å². The van der Waals surface area contributed by atoms with E-state index in [0.29, 0.717) is 29.8 Å². The standard InChI is InChI=1S/C27H36N6O2/c1-31(2)17-18-35-25-19-22(9-10-24(25)26-28-20-29-30-26)27(34)33-15-12-23(13-16-33)32(3)14-11-21-7-5-4-6-8-21/h4-10,19-20,23H,11-18H2,1-3H3,(H,28,29,30). The molecule has 3 aromatic rings. The lowest BCUT2D eigenvalue weighted by molar-refractivity contribution is 0.0646. The Labute approximate surface area is 207 Å². The molecule has 1 N–H and O–H groups in total. The van der Waals surface area contributed by atoms with Crippen molar-refractivity contribution < 1.29 is 9.53 Å². The van der Waals surface area contributed by atoms with Gasteiger partial charge in [0.2, 0.25) is 0 Å². The molecule has 186 valence electrons. The Morgan fingerprint density at radius 3 is 2.54 bits per heavy atom. The van der Waals surface area contributed by atoms with Crippen LogP contribution in [0.2, 0.25) is 0 Å². The third kappa shape index (κ3) is 6.68. The van der Waals surface area contributed by atoms with E-state index in [2.05, 4.69) is 62.4 Å². The minimum absolute atomic E-state index is 0.0527. The van der Waals surface area contributed by atoms with Gasteiger partial charge in [0.25, 0.3) is 5.91 Å². The molecule has 2 aromatic carbocycles. The van der Waals surface area contributed by atoms with Crippen LogP contribution in [0.4, 0.5) is 0 Å². The number of carbonyl (C=O) groups excluding carboxylic acids is 1. The van der Waals surface area contributed by atoms with Gasteiger partial charge >= 0.3 is 0 Å². The fourth-order valence-electron chi connectivity index (χ4n) is 4.47. The molecule has 1 aliphatic rings. The number of aromatic amines is 1. The number of H-pyrrole nitrogens is 1. The Hall–Kier alpha value is -3.23. The van der Waals surface area contributed by atoms with Crippen LogP contribution in [-0.4, -0.2) is 95.8 Å². The molecular weight excluding hydrogens is 440 g/mol. The van der Waals surface area contributed by atoms with Crippen molar-refractivity contribution in [1.82, 2.24) is 29.9 Å². The lowest BCUT2D eigenvalue weighted by Crippen LogP contribution is -2.46. The van der Waals surface area contributed by atoms with Crippen molar-refractivity contribution in [3.63, 3.8) is 0 Å². The van der Waals surface area contributed by atoms with E-state index < -0.39 is 0 Å². The van der Waals surface area contributed by atoms with E-state index in [9.17, 15) is 4.79 Å². The number of amides is 1. The number of carbonyl (C=O) groups is 1. The number of nitrogens with one attached hydrogen (secondary N) is 1. The maximum atomic E-state index is 13.3. The van der Waals surface area contributed by atoms with E-state index in [1.807, 2.05) is 37.2 Å². The van der Waals surface area contributed by atoms with E-state index >= 15 is 0 Å². The van der Waals surface area contributed by atoms with Gasteiger partial charge in [-0.3, -0.25) is 9.89 Å². The lowest BCUT2D eigenvalue weighted by atomic mass is 10.0. The summed E-state index contributed by atoms with van der Waals surface area (Å²) in [6, 6.07) is 16.7. The van der Waals surface area contributed by atoms with Crippen LogP contribution in [0.15, 0.2) is 54.9 Å². The fourth-order valence-corrected chi connectivity index (χ4v) is 4.47. The zero-order chi connectivity index (χ0) is 24.6. The largest absolute Gasteiger partial charge is 0.491 e. The van der Waals surface area contributed by atoms with E-state index in [0.717, 1.165) is 51.0 Å². The number of likely N-dealkylation sites (tertiary alicyclic amines) is 1. The summed E-state index contributed by atoms with van der Waals surface area (Å²) >= 11 is 0. The molecule has 1 saturated heterocycles. The van der Waals surface area contributed by atoms with Crippen LogP contribution in [0.1, 0.15) is 28.8 Å². The van der Waals surface area contributed by atoms with Crippen LogP contribution in [0.5, 0.6) is 5.75 Å². The molecule has 0 aliphatic carbocycles. The molecule has 35 heavy (non-hydrogen) atoms. The van der Waals surface area contributed by atoms with Gasteiger partial charge in [-0.25, -0.2) is 4.98 Å². The van der Waals surface area contributed by atoms with Crippen molar-refractivity contribution in [3.05, 3.63) is 66.0 Å². The molecule has 8 heteroatoms. The minimum atomic E-state index is 0.0527. The minimum Gasteiger partial charge on any atom is -0.491 e. The highest BCUT2D eigenvalue weighted by molar-refractivity contribution is 5.95. The number of ether oxygens (including phenoxy) is 1. The van der Waals surface area contributed by atoms with E-state index in [1.54, 1.807) is 0 Å². The molecule has 0 bridgehead atoms. The van der Waals surface area contributed by atoms with Crippen LogP contribution >= 0.6 is 0 Å². The maximum absolute atomic E-state index is 13.3. The second-order valence-corrected chi connectivity index (χ2v) is 9.44. The van der Waals surface area contributed by atoms with E-state index in [4.69, 9.17) is 4.74 Å². The summed E-state index contributed by atoms with van der Waals surface area (Å²) < 4.78 is 6.05. The highest BCUT2D eigenvalue weighted by atomic mass is 16.5. The van der Waals surface area contributed by atoms with Crippen LogP contribution in [0, 0.1) is 0 Å². The molecule has 1 aromatic heterocycles. The van der Waals surface area contributed by atoms with Crippen molar-refractivity contribution in [2.45, 2.75) is 25.3 Å². The summed E-state index contributed by atoms with van der Waals surface area (Å²) in [5, 5.41) is 6.84. The average Bonchev–Trinajstić information content (AvgIpc) is 3.42. The first-order valence-corrected chi connectivity index (χ1v) is 12.3. The molecule has 0 saturated carbocycles. The SMILES string of the molecule is CN(C)CCOc1cc(C(=O)N2CCC(N(C)CCc3ccccc3)CC2)ccc1-c1ncn[nH]1. The molecule has 0 unspecified atom stereocenters. The number of hydrogen-bond acceptors (Lipinski definition) is 6. The summed E-state index contributed by atoms with van der Waals surface area (Å²) in [7, 11) is 6.21. The van der Waals surface area contributed by atoms with E-state index in [-0.39, 0.29) is 5.91 Å². The molecule has 1 amide bonds. The molecular formula is C27H36N6O2. The van der Waals surface area contributed by atoms with Gasteiger partial charge in [-0.1, -0.05) is 30.3 Å². The van der Waals surface area contributed by atoms with Gasteiger partial charge in [-0.05, 0) is 64.2 Å². The molecule has 1 fully saturated rings. The smallest absolute Gasteiger partial charge is 0.253 e. The molecule has 4 rings (SSSR count). The van der Waals surface area contributed by atoms with Gasteiger partial charge in [0.1, 0.15) is 18.7 Å². The predicted octanol–water partition coefficient (Wildman–Crippen LogP) is 3.19. The quantitative estimate of drug-likeness (QED) is 0.484. The second-order valence-electron chi connectivity index (χ2n) is 9.44. The normalized spacial score (nSPS) is 14.6. The summed E-state index contributed by atoms with van der Waals surface area (Å²) in [5.41, 5.74) is 2.81. The molecule has 8 nitrogen and oxygen atoms in total. The third-order valence-corrected chi connectivity index (χ3v) is 6.67. The highest BCUT2D eigenvalue weighted by Gasteiger charge is 2.26. The molecule has 2 heterocycles. The fraction of sp³-hybridized carbons (Fsp3) is 0.444. The number of hydrogen-bond donors (Lipinski definition) is 1. The van der Waals surface area contributed by atoms with Gasteiger partial charge in [0.15, 0.2) is 5.82 Å². The highest BCUT2D eigenvalue weighted by Crippen LogP contribution is 2.29. The number of aromatic nitrogens is 3. The summed E-state index contributed by atoms with van der Waals surface area (Å²) in [5.74, 6) is 1.32. The number of nitrogens with zero attached hydrogens (tertiary/aromatic N) is 5. The first-order chi connectivity index (χ1) is 17.0. The van der Waals surface area contributed by atoms with Crippen molar-refractivity contribution >= 4 is 5.91 Å². The van der Waals surface area contributed by atoms with Gasteiger partial charge in [0, 0.05) is 37.8 Å². The summed E-state index contributed by atoms with van der Waals surface area (Å²) in [6.45, 7) is 3.85.